The molecule has 2 rings (SSSR count). The summed E-state index contributed by atoms with van der Waals surface area (Å²) in [5.41, 5.74) is -0.525. The molecule has 0 amide bonds. The van der Waals surface area contributed by atoms with Crippen LogP contribution in [0.15, 0.2) is 24.3 Å². The fourth-order valence-electron chi connectivity index (χ4n) is 4.67. The highest BCUT2D eigenvalue weighted by Gasteiger charge is 2.27. The third kappa shape index (κ3) is 12.3. The lowest BCUT2D eigenvalue weighted by Crippen LogP contribution is -2.25. The Bertz CT molecular complexity index is 1460. The van der Waals surface area contributed by atoms with Crippen molar-refractivity contribution in [1.29, 1.82) is 0 Å². The highest BCUT2D eigenvalue weighted by atomic mass is 16.6. The first-order chi connectivity index (χ1) is 21.9. The number of rotatable bonds is 16. The molecule has 0 spiro atoms. The van der Waals surface area contributed by atoms with Crippen LogP contribution in [0, 0.1) is 0 Å². The van der Waals surface area contributed by atoms with Crippen molar-refractivity contribution in [3.63, 3.8) is 0 Å². The molecule has 15 nitrogen and oxygen atoms in total. The molecule has 0 saturated carbocycles. The summed E-state index contributed by atoms with van der Waals surface area (Å²) >= 11 is 0. The maximum absolute atomic E-state index is 13.0. The number of phenolic OH excluding ortho intramolecular Hbond substituents is 4. The van der Waals surface area contributed by atoms with Crippen LogP contribution in [0.25, 0.3) is 0 Å². The van der Waals surface area contributed by atoms with Gasteiger partial charge in [0.1, 0.15) is 58.5 Å². The van der Waals surface area contributed by atoms with E-state index in [1.807, 2.05) is 0 Å². The van der Waals surface area contributed by atoms with Crippen LogP contribution in [-0.4, -0.2) is 91.0 Å². The van der Waals surface area contributed by atoms with Crippen molar-refractivity contribution in [2.75, 3.05) is 0 Å². The molecule has 15 heteroatoms. The Kier molecular flexibility index (Phi) is 13.8. The van der Waals surface area contributed by atoms with Crippen LogP contribution in [0.5, 0.6) is 23.0 Å². The number of hydrogen-bond acceptors (Lipinski definition) is 14. The average Bonchev–Trinajstić information content (AvgIpc) is 2.85. The number of hydrogen-bond donors (Lipinski definition) is 6. The lowest BCUT2D eigenvalue weighted by Gasteiger charge is -2.20. The minimum atomic E-state index is -1.21. The van der Waals surface area contributed by atoms with Gasteiger partial charge in [-0.1, -0.05) is 0 Å². The molecule has 258 valence electrons. The van der Waals surface area contributed by atoms with Gasteiger partial charge in [0.25, 0.3) is 0 Å². The van der Waals surface area contributed by atoms with Gasteiger partial charge in [-0.3, -0.25) is 14.4 Å². The Balaban J connectivity index is 2.08. The summed E-state index contributed by atoms with van der Waals surface area (Å²) in [4.78, 5) is 61.2. The van der Waals surface area contributed by atoms with Crippen molar-refractivity contribution in [2.24, 2.45) is 0 Å². The topological polar surface area (TPSA) is 244 Å². The van der Waals surface area contributed by atoms with Gasteiger partial charge in [0.05, 0.1) is 25.4 Å². The van der Waals surface area contributed by atoms with Crippen LogP contribution in [0.2, 0.25) is 0 Å². The number of esters is 4. The fourth-order valence-corrected chi connectivity index (χ4v) is 4.67. The number of aromatic hydroxyl groups is 4. The molecule has 6 N–H and O–H groups in total. The Morgan fingerprint density at radius 3 is 1.34 bits per heavy atom. The third-order valence-corrected chi connectivity index (χ3v) is 6.45. The Hall–Kier alpha value is -5.05. The molecule has 0 aliphatic carbocycles. The Labute approximate surface area is 270 Å². The van der Waals surface area contributed by atoms with Crippen molar-refractivity contribution in [1.82, 2.24) is 0 Å². The number of carbonyl (C=O) groups is 5. The summed E-state index contributed by atoms with van der Waals surface area (Å²) in [5.74, 6) is -6.81. The van der Waals surface area contributed by atoms with Crippen LogP contribution in [-0.2, 0) is 46.2 Å². The van der Waals surface area contributed by atoms with Gasteiger partial charge < -0.3 is 49.6 Å². The molecule has 0 radical (unpaired) electrons. The standard InChI is InChI=1S/C32H40O15/c1-15(33)6-27(40)44-16(2)7-20-11-22(34)14-25(37)30(20)32(43)47-19(5)10-28(41)45-17(3)8-21-12-23(35)13-24(36)29(21)31(42)46-18(4)9-26(38)39/h11-19,33-37H,6-10H2,1-5H3,(H,38,39). The normalized spacial score (nSPS) is 14.2. The molecule has 2 aromatic rings. The van der Waals surface area contributed by atoms with Crippen molar-refractivity contribution >= 4 is 29.8 Å². The van der Waals surface area contributed by atoms with Crippen molar-refractivity contribution in [3.05, 3.63) is 46.5 Å². The highest BCUT2D eigenvalue weighted by Crippen LogP contribution is 2.31. The number of carbonyl (C=O) groups excluding carboxylic acids is 4. The van der Waals surface area contributed by atoms with Crippen molar-refractivity contribution < 1.29 is 73.6 Å². The second kappa shape index (κ2) is 17.0. The molecule has 47 heavy (non-hydrogen) atoms. The molecule has 0 aliphatic rings. The van der Waals surface area contributed by atoms with Gasteiger partial charge in [-0.15, -0.1) is 0 Å². The number of benzene rings is 2. The Morgan fingerprint density at radius 1 is 0.574 bits per heavy atom. The van der Waals surface area contributed by atoms with Gasteiger partial charge in [-0.2, -0.15) is 0 Å². The summed E-state index contributed by atoms with van der Waals surface area (Å²) < 4.78 is 21.0. The summed E-state index contributed by atoms with van der Waals surface area (Å²) in [7, 11) is 0. The molecule has 0 heterocycles. The van der Waals surface area contributed by atoms with Gasteiger partial charge in [-0.05, 0) is 57.9 Å². The predicted octanol–water partition coefficient (Wildman–Crippen LogP) is 2.88. The van der Waals surface area contributed by atoms with E-state index in [0.29, 0.717) is 0 Å². The van der Waals surface area contributed by atoms with E-state index in [1.165, 1.54) is 40.7 Å². The average molecular weight is 665 g/mol. The molecule has 0 fully saturated rings. The van der Waals surface area contributed by atoms with Crippen LogP contribution in [0.4, 0.5) is 0 Å². The minimum Gasteiger partial charge on any atom is -0.508 e. The lowest BCUT2D eigenvalue weighted by atomic mass is 10.00. The number of ether oxygens (including phenoxy) is 4. The lowest BCUT2D eigenvalue weighted by molar-refractivity contribution is -0.151. The SMILES string of the molecule is CC(O)CC(=O)OC(C)Cc1cc(O)cc(O)c1C(=O)OC(C)CC(=O)OC(C)Cc1cc(O)cc(O)c1C(=O)OC(C)CC(=O)O. The zero-order valence-corrected chi connectivity index (χ0v) is 26.6. The van der Waals surface area contributed by atoms with E-state index in [-0.39, 0.29) is 47.3 Å². The van der Waals surface area contributed by atoms with E-state index in [9.17, 15) is 49.5 Å². The smallest absolute Gasteiger partial charge is 0.342 e. The van der Waals surface area contributed by atoms with E-state index in [0.717, 1.165) is 18.2 Å². The molecular formula is C32H40O15. The maximum Gasteiger partial charge on any atom is 0.342 e. The number of carboxylic acids is 1. The van der Waals surface area contributed by atoms with E-state index in [4.69, 9.17) is 24.1 Å². The number of carboxylic acid groups (broad SMARTS) is 1. The highest BCUT2D eigenvalue weighted by molar-refractivity contribution is 5.95. The zero-order valence-electron chi connectivity index (χ0n) is 26.6. The largest absolute Gasteiger partial charge is 0.508 e. The molecule has 5 unspecified atom stereocenters. The summed E-state index contributed by atoms with van der Waals surface area (Å²) in [6.07, 6.45) is -6.23. The summed E-state index contributed by atoms with van der Waals surface area (Å²) in [6.45, 7) is 7.13. The van der Waals surface area contributed by atoms with Crippen molar-refractivity contribution in [3.8, 4) is 23.0 Å². The molecule has 2 aromatic carbocycles. The van der Waals surface area contributed by atoms with Crippen LogP contribution in [0.3, 0.4) is 0 Å². The second-order valence-electron chi connectivity index (χ2n) is 11.3. The predicted molar refractivity (Wildman–Crippen MR) is 161 cm³/mol. The van der Waals surface area contributed by atoms with Crippen LogP contribution < -0.4 is 0 Å². The Morgan fingerprint density at radius 2 is 0.957 bits per heavy atom. The molecule has 0 aromatic heterocycles. The van der Waals surface area contributed by atoms with Crippen molar-refractivity contribution in [2.45, 2.75) is 97.2 Å². The minimum absolute atomic E-state index is 0.0518. The van der Waals surface area contributed by atoms with E-state index in [1.54, 1.807) is 0 Å². The van der Waals surface area contributed by atoms with Gasteiger partial charge >= 0.3 is 29.8 Å². The van der Waals surface area contributed by atoms with Gasteiger partial charge in [0.2, 0.25) is 0 Å². The first kappa shape index (κ1) is 38.1. The fraction of sp³-hybridized carbons (Fsp3) is 0.469. The molecule has 0 aliphatic heterocycles. The van der Waals surface area contributed by atoms with Gasteiger partial charge in [0.15, 0.2) is 0 Å². The zero-order chi connectivity index (χ0) is 35.6. The molecule has 0 bridgehead atoms. The van der Waals surface area contributed by atoms with E-state index < -0.39 is 90.5 Å². The molecule has 5 atom stereocenters. The number of phenols is 4. The first-order valence-corrected chi connectivity index (χ1v) is 14.7. The van der Waals surface area contributed by atoms with Crippen LogP contribution >= 0.6 is 0 Å². The second-order valence-corrected chi connectivity index (χ2v) is 11.3. The number of aliphatic hydroxyl groups excluding tert-OH is 1. The molecule has 0 saturated heterocycles. The third-order valence-electron chi connectivity index (χ3n) is 6.45. The maximum atomic E-state index is 13.0. The molecular weight excluding hydrogens is 624 g/mol. The summed E-state index contributed by atoms with van der Waals surface area (Å²) in [6, 6.07) is 4.16. The monoisotopic (exact) mass is 664 g/mol. The first-order valence-electron chi connectivity index (χ1n) is 14.7. The number of aliphatic carboxylic acids is 1. The summed E-state index contributed by atoms with van der Waals surface area (Å²) in [5, 5.41) is 58.9. The number of aliphatic hydroxyl groups is 1. The van der Waals surface area contributed by atoms with E-state index >= 15 is 0 Å². The van der Waals surface area contributed by atoms with Gasteiger partial charge in [0, 0.05) is 25.0 Å². The quantitative estimate of drug-likeness (QED) is 0.112. The van der Waals surface area contributed by atoms with Gasteiger partial charge in [-0.25, -0.2) is 9.59 Å². The van der Waals surface area contributed by atoms with E-state index in [2.05, 4.69) is 0 Å². The van der Waals surface area contributed by atoms with Crippen LogP contribution in [0.1, 0.15) is 85.7 Å².